The van der Waals surface area contributed by atoms with E-state index in [4.69, 9.17) is 0 Å². The van der Waals surface area contributed by atoms with E-state index in [1.807, 2.05) is 41.4 Å². The summed E-state index contributed by atoms with van der Waals surface area (Å²) in [5, 5.41) is 0.539. The van der Waals surface area contributed by atoms with E-state index >= 15 is 0 Å². The number of aromatic nitrogens is 3. The summed E-state index contributed by atoms with van der Waals surface area (Å²) < 4.78 is 1.40. The Morgan fingerprint density at radius 2 is 1.75 bits per heavy atom. The molecule has 3 aromatic rings. The molecule has 1 fully saturated rings. The van der Waals surface area contributed by atoms with Gasteiger partial charge in [-0.3, -0.25) is 24.0 Å². The van der Waals surface area contributed by atoms with Gasteiger partial charge >= 0.3 is 0 Å². The van der Waals surface area contributed by atoms with Crippen molar-refractivity contribution in [2.75, 3.05) is 32.7 Å². The molecule has 0 bridgehead atoms. The number of benzene rings is 1. The Labute approximate surface area is 163 Å². The molecule has 3 heterocycles. The van der Waals surface area contributed by atoms with Gasteiger partial charge in [0.25, 0.3) is 5.56 Å². The number of carbonyl (C=O) groups excluding carboxylic acids is 1. The molecule has 0 unspecified atom stereocenters. The second-order valence-electron chi connectivity index (χ2n) is 6.99. The normalized spacial score (nSPS) is 15.1. The Morgan fingerprint density at radius 1 is 0.964 bits per heavy atom. The van der Waals surface area contributed by atoms with Gasteiger partial charge in [0, 0.05) is 51.0 Å². The number of hydrogen-bond acceptors (Lipinski definition) is 5. The molecule has 4 rings (SSSR count). The Balaban J connectivity index is 1.32. The van der Waals surface area contributed by atoms with Crippen molar-refractivity contribution in [3.63, 3.8) is 0 Å². The van der Waals surface area contributed by atoms with Crippen molar-refractivity contribution >= 4 is 16.8 Å². The predicted molar refractivity (Wildman–Crippen MR) is 107 cm³/mol. The van der Waals surface area contributed by atoms with Gasteiger partial charge in [0.1, 0.15) is 6.54 Å². The quantitative estimate of drug-likeness (QED) is 0.668. The van der Waals surface area contributed by atoms with Gasteiger partial charge in [-0.05, 0) is 24.3 Å². The highest BCUT2D eigenvalue weighted by Crippen LogP contribution is 2.07. The topological polar surface area (TPSA) is 71.3 Å². The maximum absolute atomic E-state index is 12.7. The summed E-state index contributed by atoms with van der Waals surface area (Å²) in [5.74, 6) is -0.0384. The van der Waals surface area contributed by atoms with Crippen LogP contribution in [0.25, 0.3) is 10.9 Å². The Bertz CT molecular complexity index is 1010. The van der Waals surface area contributed by atoms with E-state index in [1.54, 1.807) is 12.1 Å². The molecule has 0 atom stereocenters. The molecule has 7 heteroatoms. The second kappa shape index (κ2) is 8.31. The molecule has 1 aliphatic heterocycles. The van der Waals surface area contributed by atoms with Crippen molar-refractivity contribution in [1.82, 2.24) is 24.3 Å². The van der Waals surface area contributed by atoms with E-state index in [0.717, 1.165) is 31.7 Å². The van der Waals surface area contributed by atoms with Crippen LogP contribution in [-0.4, -0.2) is 63.0 Å². The van der Waals surface area contributed by atoms with Crippen LogP contribution in [0.2, 0.25) is 0 Å². The summed E-state index contributed by atoms with van der Waals surface area (Å²) in [6.07, 6.45) is 4.19. The first kappa shape index (κ1) is 18.3. The number of hydrogen-bond donors (Lipinski definition) is 0. The summed E-state index contributed by atoms with van der Waals surface area (Å²) in [6, 6.07) is 13.2. The fourth-order valence-corrected chi connectivity index (χ4v) is 3.50. The van der Waals surface area contributed by atoms with E-state index in [0.29, 0.717) is 24.0 Å². The van der Waals surface area contributed by atoms with Gasteiger partial charge in [0.05, 0.1) is 17.2 Å². The fourth-order valence-electron chi connectivity index (χ4n) is 3.50. The first-order valence-electron chi connectivity index (χ1n) is 9.55. The van der Waals surface area contributed by atoms with Crippen LogP contribution in [0.3, 0.4) is 0 Å². The van der Waals surface area contributed by atoms with E-state index in [9.17, 15) is 9.59 Å². The first-order chi connectivity index (χ1) is 13.7. The third-order valence-corrected chi connectivity index (χ3v) is 5.17. The lowest BCUT2D eigenvalue weighted by Gasteiger charge is -2.34. The van der Waals surface area contributed by atoms with Gasteiger partial charge in [-0.2, -0.15) is 0 Å². The van der Waals surface area contributed by atoms with E-state index in [-0.39, 0.29) is 18.0 Å². The molecule has 1 amide bonds. The summed E-state index contributed by atoms with van der Waals surface area (Å²) in [7, 11) is 0. The average Bonchev–Trinajstić information content (AvgIpc) is 2.75. The third-order valence-electron chi connectivity index (χ3n) is 5.17. The fraction of sp³-hybridized carbons (Fsp3) is 0.333. The molecule has 0 aliphatic carbocycles. The molecule has 0 saturated carbocycles. The molecule has 1 aromatic carbocycles. The molecular formula is C21H23N5O2. The smallest absolute Gasteiger partial charge is 0.261 e. The minimum Gasteiger partial charge on any atom is -0.339 e. The van der Waals surface area contributed by atoms with Crippen LogP contribution in [0.1, 0.15) is 5.69 Å². The van der Waals surface area contributed by atoms with E-state index in [1.165, 1.54) is 10.9 Å². The molecule has 1 saturated heterocycles. The lowest BCUT2D eigenvalue weighted by molar-refractivity contribution is -0.133. The van der Waals surface area contributed by atoms with Crippen LogP contribution in [0.15, 0.2) is 59.8 Å². The second-order valence-corrected chi connectivity index (χ2v) is 6.99. The number of piperazine rings is 1. The molecule has 7 nitrogen and oxygen atoms in total. The zero-order chi connectivity index (χ0) is 19.3. The van der Waals surface area contributed by atoms with Crippen molar-refractivity contribution in [3.8, 4) is 0 Å². The summed E-state index contributed by atoms with van der Waals surface area (Å²) in [5.41, 5.74) is 1.56. The van der Waals surface area contributed by atoms with Gasteiger partial charge in [0.2, 0.25) is 5.91 Å². The Kier molecular flexibility index (Phi) is 5.43. The number of nitrogens with zero attached hydrogens (tertiary/aromatic N) is 5. The van der Waals surface area contributed by atoms with Gasteiger partial charge in [0.15, 0.2) is 0 Å². The van der Waals surface area contributed by atoms with Gasteiger partial charge in [-0.1, -0.05) is 18.2 Å². The zero-order valence-electron chi connectivity index (χ0n) is 15.7. The van der Waals surface area contributed by atoms with Crippen LogP contribution in [0.5, 0.6) is 0 Å². The molecule has 28 heavy (non-hydrogen) atoms. The van der Waals surface area contributed by atoms with Crippen molar-refractivity contribution in [2.24, 2.45) is 0 Å². The number of fused-ring (bicyclic) bond motifs is 1. The van der Waals surface area contributed by atoms with Gasteiger partial charge in [-0.25, -0.2) is 4.98 Å². The summed E-state index contributed by atoms with van der Waals surface area (Å²) >= 11 is 0. The number of amides is 1. The monoisotopic (exact) mass is 377 g/mol. The van der Waals surface area contributed by atoms with Gasteiger partial charge < -0.3 is 4.90 Å². The maximum atomic E-state index is 12.7. The summed E-state index contributed by atoms with van der Waals surface area (Å²) in [6.45, 7) is 4.00. The van der Waals surface area contributed by atoms with Crippen LogP contribution in [0, 0.1) is 0 Å². The minimum atomic E-state index is -0.173. The lowest BCUT2D eigenvalue weighted by atomic mass is 10.2. The average molecular weight is 377 g/mol. The first-order valence-corrected chi connectivity index (χ1v) is 9.55. The lowest BCUT2D eigenvalue weighted by Crippen LogP contribution is -2.50. The molecule has 0 radical (unpaired) electrons. The molecular weight excluding hydrogens is 354 g/mol. The van der Waals surface area contributed by atoms with Crippen LogP contribution >= 0.6 is 0 Å². The maximum Gasteiger partial charge on any atom is 0.261 e. The van der Waals surface area contributed by atoms with Crippen LogP contribution < -0.4 is 5.56 Å². The number of pyridine rings is 1. The molecule has 0 N–H and O–H groups in total. The predicted octanol–water partition coefficient (Wildman–Crippen LogP) is 1.18. The van der Waals surface area contributed by atoms with Crippen molar-refractivity contribution < 1.29 is 4.79 Å². The number of para-hydroxylation sites is 1. The largest absolute Gasteiger partial charge is 0.339 e. The SMILES string of the molecule is O=C(Cn1cnc2ccccc2c1=O)N1CCN(CCc2ccccn2)CC1. The minimum absolute atomic E-state index is 0.0323. The molecule has 2 aromatic heterocycles. The highest BCUT2D eigenvalue weighted by molar-refractivity contribution is 5.79. The third kappa shape index (κ3) is 4.09. The molecule has 1 aliphatic rings. The Morgan fingerprint density at radius 3 is 2.54 bits per heavy atom. The van der Waals surface area contributed by atoms with Crippen molar-refractivity contribution in [2.45, 2.75) is 13.0 Å². The van der Waals surface area contributed by atoms with E-state index < -0.39 is 0 Å². The summed E-state index contributed by atoms with van der Waals surface area (Å²) in [4.78, 5) is 38.0. The molecule has 0 spiro atoms. The van der Waals surface area contributed by atoms with E-state index in [2.05, 4.69) is 14.9 Å². The zero-order valence-corrected chi connectivity index (χ0v) is 15.7. The van der Waals surface area contributed by atoms with Crippen molar-refractivity contribution in [3.05, 3.63) is 71.0 Å². The molecule has 144 valence electrons. The van der Waals surface area contributed by atoms with Gasteiger partial charge in [-0.15, -0.1) is 0 Å². The van der Waals surface area contributed by atoms with Crippen molar-refractivity contribution in [1.29, 1.82) is 0 Å². The Hall–Kier alpha value is -3.06. The van der Waals surface area contributed by atoms with Crippen LogP contribution in [-0.2, 0) is 17.8 Å². The van der Waals surface area contributed by atoms with Crippen LogP contribution in [0.4, 0.5) is 0 Å². The standard InChI is InChI=1S/C21H23N5O2/c27-20(15-26-16-23-19-7-2-1-6-18(19)21(26)28)25-13-11-24(12-14-25)10-8-17-5-3-4-9-22-17/h1-7,9,16H,8,10-15H2. The number of carbonyl (C=O) groups is 1. The highest BCUT2D eigenvalue weighted by Gasteiger charge is 2.21. The number of rotatable bonds is 5. The highest BCUT2D eigenvalue weighted by atomic mass is 16.2.